The highest BCUT2D eigenvalue weighted by Gasteiger charge is 2.52. The van der Waals surface area contributed by atoms with Crippen LogP contribution in [0.4, 0.5) is 4.79 Å². The minimum absolute atomic E-state index is 0.0155. The molecule has 6 heterocycles. The number of carboxylic acid groups (broad SMARTS) is 1. The van der Waals surface area contributed by atoms with E-state index in [1.807, 2.05) is 13.8 Å². The average Bonchev–Trinajstić information content (AvgIpc) is 3.76. The molecule has 15 nitrogen and oxygen atoms in total. The molecule has 15 heteroatoms. The molecule has 3 amide bonds. The summed E-state index contributed by atoms with van der Waals surface area (Å²) in [6.07, 6.45) is 12.8. The lowest BCUT2D eigenvalue weighted by atomic mass is 9.78. The molecule has 0 aromatic heterocycles. The van der Waals surface area contributed by atoms with Gasteiger partial charge in [0.25, 0.3) is 11.8 Å². The zero-order valence-corrected chi connectivity index (χ0v) is 43.5. The van der Waals surface area contributed by atoms with Crippen LogP contribution in [0.1, 0.15) is 163 Å². The number of amides is 3. The number of aromatic hydroxyl groups is 1. The summed E-state index contributed by atoms with van der Waals surface area (Å²) in [4.78, 5) is 59.6. The van der Waals surface area contributed by atoms with Crippen LogP contribution in [0.15, 0.2) is 58.7 Å². The van der Waals surface area contributed by atoms with Crippen molar-refractivity contribution in [1.29, 1.82) is 0 Å². The summed E-state index contributed by atoms with van der Waals surface area (Å²) in [6, 6.07) is 1.64. The highest BCUT2D eigenvalue weighted by atomic mass is 16.6. The minimum atomic E-state index is -1.28. The molecular formula is C57H75N3O12. The number of allylic oxidation sites excluding steroid dienone is 8. The maximum Gasteiger partial charge on any atom is 0.415 e. The molecule has 390 valence electrons. The van der Waals surface area contributed by atoms with Crippen molar-refractivity contribution < 1.29 is 58.6 Å². The second-order valence-corrected chi connectivity index (χ2v) is 22.4. The van der Waals surface area contributed by atoms with Gasteiger partial charge in [0, 0.05) is 54.7 Å². The van der Waals surface area contributed by atoms with Crippen molar-refractivity contribution >= 4 is 23.9 Å². The molecule has 0 unspecified atom stereocenters. The molecule has 2 saturated heterocycles. The molecular weight excluding hydrogens is 919 g/mol. The molecule has 0 radical (unpaired) electrons. The number of hydrogen-bond acceptors (Lipinski definition) is 11. The maximum atomic E-state index is 14.5. The molecule has 6 aliphatic heterocycles. The lowest BCUT2D eigenvalue weighted by Gasteiger charge is -2.54. The number of benzene rings is 2. The number of rotatable bonds is 19. The molecule has 2 fully saturated rings. The number of aliphatic hydroxyl groups is 2. The first-order valence-corrected chi connectivity index (χ1v) is 25.9. The van der Waals surface area contributed by atoms with Crippen molar-refractivity contribution in [2.24, 2.45) is 5.41 Å². The van der Waals surface area contributed by atoms with Gasteiger partial charge in [-0.15, -0.1) is 0 Å². The molecule has 6 aliphatic rings. The van der Waals surface area contributed by atoms with Gasteiger partial charge in [0.1, 0.15) is 40.2 Å². The van der Waals surface area contributed by atoms with Gasteiger partial charge in [-0.05, 0) is 132 Å². The van der Waals surface area contributed by atoms with Gasteiger partial charge >= 0.3 is 12.1 Å². The number of carbonyl (C=O) groups is 4. The molecule has 0 saturated carbocycles. The van der Waals surface area contributed by atoms with Crippen LogP contribution in [0.5, 0.6) is 23.0 Å². The first-order chi connectivity index (χ1) is 34.1. The molecule has 8 rings (SSSR count). The largest absolute Gasteiger partial charge is 0.508 e. The van der Waals surface area contributed by atoms with Crippen molar-refractivity contribution in [1.82, 2.24) is 14.7 Å². The van der Waals surface area contributed by atoms with Crippen molar-refractivity contribution in [3.05, 3.63) is 92.1 Å². The molecule has 0 bridgehead atoms. The molecule has 2 aromatic carbocycles. The number of aliphatic carboxylic acids is 1. The number of nitrogens with zero attached hydrogens (tertiary/aromatic N) is 3. The number of aliphatic hydroxyl groups excluding tert-OH is 2. The lowest BCUT2D eigenvalue weighted by Crippen LogP contribution is -2.67. The Morgan fingerprint density at radius 2 is 1.29 bits per heavy atom. The number of likely N-dealkylation sites (tertiary alicyclic amines) is 1. The number of phenolic OH excluding ortho intramolecular Hbond substituents is 1. The van der Waals surface area contributed by atoms with Crippen molar-refractivity contribution in [3.8, 4) is 23.0 Å². The number of carbonyl (C=O) groups excluding carboxylic acids is 3. The minimum Gasteiger partial charge on any atom is -0.508 e. The fourth-order valence-corrected chi connectivity index (χ4v) is 11.1. The van der Waals surface area contributed by atoms with Gasteiger partial charge in [-0.25, -0.2) is 9.59 Å². The Kier molecular flexibility index (Phi) is 15.4. The zero-order chi connectivity index (χ0) is 51.9. The van der Waals surface area contributed by atoms with E-state index in [1.165, 1.54) is 39.3 Å². The summed E-state index contributed by atoms with van der Waals surface area (Å²) in [5.41, 5.74) is 5.39. The van der Waals surface area contributed by atoms with E-state index in [4.69, 9.17) is 18.9 Å². The molecule has 0 aliphatic carbocycles. The second-order valence-electron chi connectivity index (χ2n) is 22.4. The highest BCUT2D eigenvalue weighted by Crippen LogP contribution is 2.49. The van der Waals surface area contributed by atoms with E-state index >= 15 is 0 Å². The van der Waals surface area contributed by atoms with Crippen molar-refractivity contribution in [2.45, 2.75) is 175 Å². The van der Waals surface area contributed by atoms with Crippen LogP contribution in [-0.2, 0) is 35.5 Å². The van der Waals surface area contributed by atoms with Gasteiger partial charge in [-0.1, -0.05) is 46.6 Å². The van der Waals surface area contributed by atoms with Gasteiger partial charge in [0.2, 0.25) is 0 Å². The Morgan fingerprint density at radius 1 is 0.750 bits per heavy atom. The molecule has 1 spiro atoms. The van der Waals surface area contributed by atoms with E-state index in [2.05, 4.69) is 65.8 Å². The smallest absolute Gasteiger partial charge is 0.415 e. The molecule has 5 atom stereocenters. The molecule has 4 N–H and O–H groups in total. The summed E-state index contributed by atoms with van der Waals surface area (Å²) in [5, 5.41) is 44.9. The summed E-state index contributed by atoms with van der Waals surface area (Å²) in [5.74, 6) is -1.40. The van der Waals surface area contributed by atoms with Gasteiger partial charge in [-0.3, -0.25) is 9.59 Å². The third-order valence-corrected chi connectivity index (χ3v) is 15.8. The fraction of sp³-hybridized carbons (Fsp3) is 0.579. The zero-order valence-electron chi connectivity index (χ0n) is 43.5. The van der Waals surface area contributed by atoms with Gasteiger partial charge in [0.05, 0.1) is 55.1 Å². The highest BCUT2D eigenvalue weighted by molar-refractivity contribution is 6.02. The lowest BCUT2D eigenvalue weighted by molar-refractivity contribution is -0.178. The Bertz CT molecular complexity index is 2590. The van der Waals surface area contributed by atoms with E-state index in [1.54, 1.807) is 9.80 Å². The number of phenols is 1. The van der Waals surface area contributed by atoms with Crippen LogP contribution in [-0.4, -0.2) is 121 Å². The van der Waals surface area contributed by atoms with E-state index in [9.17, 15) is 39.6 Å². The Labute approximate surface area is 424 Å². The fourth-order valence-electron chi connectivity index (χ4n) is 11.1. The van der Waals surface area contributed by atoms with Crippen LogP contribution >= 0.6 is 0 Å². The number of carboxylic acids is 1. The van der Waals surface area contributed by atoms with Crippen molar-refractivity contribution in [2.75, 3.05) is 32.8 Å². The molecule has 72 heavy (non-hydrogen) atoms. The van der Waals surface area contributed by atoms with Crippen LogP contribution in [0.3, 0.4) is 0 Å². The predicted molar refractivity (Wildman–Crippen MR) is 271 cm³/mol. The summed E-state index contributed by atoms with van der Waals surface area (Å²) in [7, 11) is 0. The number of hydrogen-bond donors (Lipinski definition) is 4. The van der Waals surface area contributed by atoms with Crippen molar-refractivity contribution in [3.63, 3.8) is 0 Å². The first-order valence-electron chi connectivity index (χ1n) is 25.9. The third-order valence-electron chi connectivity index (χ3n) is 15.8. The van der Waals surface area contributed by atoms with Crippen LogP contribution in [0.2, 0.25) is 0 Å². The summed E-state index contributed by atoms with van der Waals surface area (Å²) >= 11 is 0. The number of fused-ring (bicyclic) bond motifs is 6. The normalized spacial score (nSPS) is 24.3. The Morgan fingerprint density at radius 3 is 1.83 bits per heavy atom. The Balaban J connectivity index is 0.966. The van der Waals surface area contributed by atoms with E-state index in [0.717, 1.165) is 25.7 Å². The SMILES string of the molecule is CC(C)=CCC/C(C)=C/CC[C@@]1(C)Oc2c(c(O)cc3c2CN(CCC[C@@H](C(=O)O)N2Cc4c(cc(OC(=O)N5CC6(COC6)C5)c5c4O[C@](C)(CC/C=C(\C)CCC=C(C)C)[C@@H](O)C5)C2=O)C3=O)C[C@@H]1O. The van der Waals surface area contributed by atoms with Gasteiger partial charge < -0.3 is 54.1 Å². The Hall–Kier alpha value is -5.64. The van der Waals surface area contributed by atoms with Crippen LogP contribution < -0.4 is 14.2 Å². The van der Waals surface area contributed by atoms with E-state index in [0.29, 0.717) is 91.3 Å². The van der Waals surface area contributed by atoms with Crippen LogP contribution in [0.25, 0.3) is 0 Å². The van der Waals surface area contributed by atoms with E-state index in [-0.39, 0.29) is 73.7 Å². The third kappa shape index (κ3) is 10.8. The quantitative estimate of drug-likeness (QED) is 0.0977. The standard InChI is InChI=1S/C57H75N3O12/c1-34(2)14-9-16-36(5)18-11-21-55(7)47(62)26-40-45(61)24-38-42(49(40)71-55)28-58(51(38)64)23-13-20-44(53(66)67)60-29-43-39(52(60)65)25-46(70-54(68)59-30-57(31-59)32-69-33-57)41-27-48(63)56(8,72-50(41)43)22-12-19-37(6)17-10-15-35(3)4/h14-15,18-19,24-25,44,47-48,61-63H,9-13,16-17,20-23,26-33H2,1-8H3,(H,66,67)/b36-18+,37-19+/t44-,47-,48-,55+,56+/m0/s1. The van der Waals surface area contributed by atoms with Gasteiger partial charge in [0.15, 0.2) is 0 Å². The van der Waals surface area contributed by atoms with Gasteiger partial charge in [-0.2, -0.15) is 0 Å². The first kappa shape index (κ1) is 52.7. The van der Waals surface area contributed by atoms with E-state index < -0.39 is 47.4 Å². The second kappa shape index (κ2) is 21.1. The monoisotopic (exact) mass is 994 g/mol. The summed E-state index contributed by atoms with van der Waals surface area (Å²) < 4.78 is 24.8. The maximum absolute atomic E-state index is 14.5. The predicted octanol–water partition coefficient (Wildman–Crippen LogP) is 9.12. The van der Waals surface area contributed by atoms with Crippen LogP contribution in [0, 0.1) is 5.41 Å². The topological polar surface area (TPSA) is 196 Å². The molecule has 2 aromatic rings. The average molecular weight is 994 g/mol. The number of ether oxygens (including phenoxy) is 4. The summed E-state index contributed by atoms with van der Waals surface area (Å²) in [6.45, 7) is 18.6.